The van der Waals surface area contributed by atoms with Crippen molar-refractivity contribution in [2.75, 3.05) is 13.7 Å². The van der Waals surface area contributed by atoms with Crippen molar-refractivity contribution in [1.29, 1.82) is 0 Å². The molecule has 4 atom stereocenters. The van der Waals surface area contributed by atoms with E-state index in [0.717, 1.165) is 78.4 Å². The summed E-state index contributed by atoms with van der Waals surface area (Å²) in [7, 11) is 1.28. The number of Topliss-reactive ketones (excluding diaryl/α,β-unsaturated/α-hetero) is 1. The largest absolute Gasteiger partial charge is 0.512 e. The molecule has 2 aliphatic heterocycles. The van der Waals surface area contributed by atoms with E-state index in [4.69, 9.17) is 19.4 Å². The number of methoxy groups -OCH3 is 1. The molecule has 3 N–H and O–H groups in total. The third kappa shape index (κ3) is 10.7. The molecule has 0 saturated carbocycles. The molecular weight excluding hydrogens is 813 g/mol. The molecule has 10 heteroatoms. The number of aliphatic hydroxyl groups is 1. The normalized spacial score (nSPS) is 19.2. The van der Waals surface area contributed by atoms with Crippen molar-refractivity contribution in [1.82, 2.24) is 19.9 Å². The number of allylic oxidation sites excluding steroid dienone is 7. The van der Waals surface area contributed by atoms with Crippen LogP contribution in [0.4, 0.5) is 0 Å². The topological polar surface area (TPSA) is 147 Å². The summed E-state index contributed by atoms with van der Waals surface area (Å²) in [6, 6.07) is 6.03. The molecular formula is C55H70N4O6. The number of nitrogens with one attached hydrogen (secondary N) is 2. The zero-order valence-electron chi connectivity index (χ0n) is 40.8. The molecule has 8 bridgehead atoms. The molecule has 0 fully saturated rings. The molecule has 3 aromatic rings. The number of nitrogens with zero attached hydrogens (tertiary/aromatic N) is 2. The second-order valence-corrected chi connectivity index (χ2v) is 18.8. The molecule has 1 aliphatic carbocycles. The van der Waals surface area contributed by atoms with E-state index in [9.17, 15) is 19.5 Å². The third-order valence-corrected chi connectivity index (χ3v) is 13.8. The van der Waals surface area contributed by atoms with Gasteiger partial charge in [-0.3, -0.25) is 19.6 Å². The predicted octanol–water partition coefficient (Wildman–Crippen LogP) is 11.8. The Labute approximate surface area is 384 Å². The molecule has 0 radical (unpaired) electrons. The Morgan fingerprint density at radius 2 is 1.31 bits per heavy atom. The van der Waals surface area contributed by atoms with E-state index in [1.807, 2.05) is 38.1 Å². The number of ether oxygens (including phenoxy) is 2. The summed E-state index contributed by atoms with van der Waals surface area (Å²) in [5, 5.41) is 12.1. The number of aromatic amines is 2. The van der Waals surface area contributed by atoms with Crippen molar-refractivity contribution in [2.45, 2.75) is 158 Å². The molecule has 0 saturated heterocycles. The van der Waals surface area contributed by atoms with Gasteiger partial charge in [-0.1, -0.05) is 61.3 Å². The van der Waals surface area contributed by atoms with Crippen molar-refractivity contribution < 1.29 is 29.0 Å². The van der Waals surface area contributed by atoms with Crippen LogP contribution in [0.2, 0.25) is 0 Å². The number of aryl methyl sites for hydroxylation is 2. The summed E-state index contributed by atoms with van der Waals surface area (Å²) in [4.78, 5) is 58.8. The second-order valence-electron chi connectivity index (χ2n) is 18.8. The summed E-state index contributed by atoms with van der Waals surface area (Å²) in [5.74, 6) is -1.64. The summed E-state index contributed by atoms with van der Waals surface area (Å²) in [5.41, 5.74) is 13.1. The lowest BCUT2D eigenvalue weighted by Crippen LogP contribution is -2.22. The molecule has 3 aromatic heterocycles. The number of carbonyl (C=O) groups excluding carboxylic acids is 3. The van der Waals surface area contributed by atoms with E-state index < -0.39 is 11.8 Å². The number of rotatable bonds is 16. The van der Waals surface area contributed by atoms with Gasteiger partial charge in [0.05, 0.1) is 35.2 Å². The minimum Gasteiger partial charge on any atom is -0.512 e. The molecule has 0 aromatic carbocycles. The number of aliphatic hydroxyl groups excluding tert-OH is 1. The number of hydrogen-bond donors (Lipinski definition) is 3. The Hall–Kier alpha value is -5.77. The minimum atomic E-state index is -0.737. The first-order chi connectivity index (χ1) is 30.9. The van der Waals surface area contributed by atoms with Gasteiger partial charge in [0.25, 0.3) is 0 Å². The summed E-state index contributed by atoms with van der Waals surface area (Å²) in [6.07, 6.45) is 16.4. The van der Waals surface area contributed by atoms with Gasteiger partial charge < -0.3 is 24.5 Å². The molecule has 65 heavy (non-hydrogen) atoms. The maximum absolute atomic E-state index is 14.4. The predicted molar refractivity (Wildman–Crippen MR) is 262 cm³/mol. The number of H-pyrrole nitrogens is 2. The number of carbonyl (C=O) groups is 3. The van der Waals surface area contributed by atoms with Gasteiger partial charge in [0.1, 0.15) is 12.2 Å². The minimum absolute atomic E-state index is 0.0674. The van der Waals surface area contributed by atoms with Crippen LogP contribution in [0.3, 0.4) is 0 Å². The average Bonchev–Trinajstić information content (AvgIpc) is 4.00. The van der Waals surface area contributed by atoms with E-state index in [1.54, 1.807) is 6.92 Å². The Balaban J connectivity index is 1.30. The smallest absolute Gasteiger partial charge is 0.342 e. The van der Waals surface area contributed by atoms with Gasteiger partial charge in [-0.25, -0.2) is 4.79 Å². The van der Waals surface area contributed by atoms with Crippen LogP contribution in [0.1, 0.15) is 188 Å². The van der Waals surface area contributed by atoms with E-state index in [-0.39, 0.29) is 54.0 Å². The number of aromatic nitrogens is 4. The van der Waals surface area contributed by atoms with Gasteiger partial charge >= 0.3 is 11.9 Å². The van der Waals surface area contributed by atoms with Gasteiger partial charge in [0.15, 0.2) is 0 Å². The zero-order chi connectivity index (χ0) is 47.3. The maximum atomic E-state index is 14.4. The van der Waals surface area contributed by atoms with Crippen LogP contribution in [-0.4, -0.2) is 56.5 Å². The molecule has 0 unspecified atom stereocenters. The molecule has 0 amide bonds. The van der Waals surface area contributed by atoms with Crippen LogP contribution in [-0.2, 0) is 19.1 Å². The maximum Gasteiger partial charge on any atom is 0.342 e. The van der Waals surface area contributed by atoms with E-state index >= 15 is 0 Å². The number of fused-ring (bicyclic) bond motifs is 8. The van der Waals surface area contributed by atoms with E-state index in [0.29, 0.717) is 44.9 Å². The highest BCUT2D eigenvalue weighted by molar-refractivity contribution is 6.48. The second kappa shape index (κ2) is 21.0. The van der Waals surface area contributed by atoms with Gasteiger partial charge in [-0.15, -0.1) is 0 Å². The lowest BCUT2D eigenvalue weighted by Gasteiger charge is -2.16. The fourth-order valence-electron chi connectivity index (χ4n) is 9.78. The Morgan fingerprint density at radius 3 is 1.92 bits per heavy atom. The quantitative estimate of drug-likeness (QED) is 0.0951. The number of esters is 2. The van der Waals surface area contributed by atoms with Crippen molar-refractivity contribution in [3.8, 4) is 0 Å². The van der Waals surface area contributed by atoms with Crippen LogP contribution < -0.4 is 10.4 Å². The van der Waals surface area contributed by atoms with Crippen molar-refractivity contribution in [3.63, 3.8) is 0 Å². The van der Waals surface area contributed by atoms with E-state index in [2.05, 4.69) is 83.6 Å². The van der Waals surface area contributed by atoms with Crippen LogP contribution in [0, 0.1) is 13.8 Å². The SMILES string of the molecule is CC[C@H]1c2cc3[nH]c4c(c3C)C(=O)C(C(=O)OC)=c4c3nc(cc4[nH]c(cc(n2)[C@@H]1C)c(=C(C)O)c4C)[C@@H](C)[C@@H]3CCC(=O)OC/C=C(\C)CC/C=C(\C)CC/C=C(\C)CCC=C(C)C. The first-order valence-electron chi connectivity index (χ1n) is 23.5. The van der Waals surface area contributed by atoms with Crippen LogP contribution in [0.25, 0.3) is 33.4 Å². The van der Waals surface area contributed by atoms with Crippen LogP contribution >= 0.6 is 0 Å². The van der Waals surface area contributed by atoms with Gasteiger partial charge in [-0.05, 0) is 142 Å². The van der Waals surface area contributed by atoms with Crippen molar-refractivity contribution in [2.24, 2.45) is 0 Å². The number of hydrogen-bond acceptors (Lipinski definition) is 8. The molecule has 10 nitrogen and oxygen atoms in total. The highest BCUT2D eigenvalue weighted by Gasteiger charge is 2.38. The molecule has 0 spiro atoms. The summed E-state index contributed by atoms with van der Waals surface area (Å²) < 4.78 is 11.0. The summed E-state index contributed by atoms with van der Waals surface area (Å²) in [6.45, 7) is 22.9. The standard InChI is InChI=1S/C55H70N4O6/c1-13-39-34(7)41-29-46-48(38(11)60)36(9)43(57-46)27-42-35(8)40(52(58-42)50-51(55(63)64-12)54(62)49-37(10)44(59-53(49)50)28-45(39)56-41)23-24-47(61)65-26-25-33(6)22-16-21-32(5)20-15-19-31(4)18-14-17-30(2)3/h17,19,21,25,27-29,34-35,39-40,57,59-60H,13-16,18,20,22-24,26H2,1-12H3/b31-19+,32-21+,33-25+,42-27?,45-28?,46-29?,48-38?/t34-,35+,39-,40+/m1/s1. The first-order valence-corrected chi connectivity index (χ1v) is 23.5. The monoisotopic (exact) mass is 883 g/mol. The van der Waals surface area contributed by atoms with Gasteiger partial charge in [0, 0.05) is 68.6 Å². The Bertz CT molecular complexity index is 2790. The molecule has 346 valence electrons. The fourth-order valence-corrected chi connectivity index (χ4v) is 9.78. The molecule has 5 heterocycles. The lowest BCUT2D eigenvalue weighted by molar-refractivity contribution is -0.142. The van der Waals surface area contributed by atoms with Crippen LogP contribution in [0.5, 0.6) is 0 Å². The highest BCUT2D eigenvalue weighted by Crippen LogP contribution is 2.41. The lowest BCUT2D eigenvalue weighted by atomic mass is 9.86. The zero-order valence-corrected chi connectivity index (χ0v) is 40.8. The molecule has 3 aliphatic rings. The first kappa shape index (κ1) is 48.7. The van der Waals surface area contributed by atoms with Gasteiger partial charge in [-0.2, -0.15) is 0 Å². The summed E-state index contributed by atoms with van der Waals surface area (Å²) >= 11 is 0. The van der Waals surface area contributed by atoms with E-state index in [1.165, 1.54) is 29.4 Å². The Morgan fingerprint density at radius 1 is 0.738 bits per heavy atom. The number of ketones is 1. The highest BCUT2D eigenvalue weighted by atomic mass is 16.5. The Kier molecular flexibility index (Phi) is 15.8. The third-order valence-electron chi connectivity index (χ3n) is 13.8. The van der Waals surface area contributed by atoms with Gasteiger partial charge in [0.2, 0.25) is 5.78 Å². The van der Waals surface area contributed by atoms with Crippen molar-refractivity contribution >= 4 is 51.1 Å². The molecule has 6 rings (SSSR count). The van der Waals surface area contributed by atoms with Crippen molar-refractivity contribution in [3.05, 3.63) is 115 Å². The van der Waals surface area contributed by atoms with Crippen LogP contribution in [0.15, 0.2) is 64.8 Å². The fraction of sp³-hybridized carbons (Fsp3) is 0.473. The average molecular weight is 883 g/mol.